The van der Waals surface area contributed by atoms with Gasteiger partial charge in [-0.1, -0.05) is 12.1 Å². The van der Waals surface area contributed by atoms with Gasteiger partial charge >= 0.3 is 5.97 Å². The van der Waals surface area contributed by atoms with Crippen molar-refractivity contribution in [1.29, 1.82) is 0 Å². The number of hydrogen-bond donors (Lipinski definition) is 2. The molecule has 3 rings (SSSR count). The first kappa shape index (κ1) is 12.5. The Balaban J connectivity index is 2.28. The zero-order valence-corrected chi connectivity index (χ0v) is 10.5. The van der Waals surface area contributed by atoms with Gasteiger partial charge in [-0.25, -0.2) is 0 Å². The number of rotatable bonds is 3. The maximum atomic E-state index is 12.6. The largest absolute Gasteiger partial charge is 0.490 e. The van der Waals surface area contributed by atoms with Crippen LogP contribution in [0, 0.1) is 0 Å². The van der Waals surface area contributed by atoms with Crippen LogP contribution in [0.15, 0.2) is 18.2 Å². The molecule has 2 aliphatic rings. The number of nitrogens with two attached hydrogens (primary N) is 1. The minimum Gasteiger partial charge on any atom is -0.490 e. The Hall–Kier alpha value is -2.57. The second kappa shape index (κ2) is 3.96. The number of hydrogen-bond acceptors (Lipinski definition) is 4. The Kier molecular flexibility index (Phi) is 2.47. The third-order valence-corrected chi connectivity index (χ3v) is 3.72. The van der Waals surface area contributed by atoms with Gasteiger partial charge in [0.25, 0.3) is 0 Å². The molecule has 1 aromatic carbocycles. The molecule has 1 atom stereocenters. The van der Waals surface area contributed by atoms with Gasteiger partial charge in [-0.3, -0.25) is 14.4 Å². The standard InChI is InChI=1S/C13H12N2O5/c14-9(16)6-13(12(18)19)7-2-1-3-8-10(7)15(11(13)17)4-5-20-8/h1-3H,4-6H2,(H2,14,16)(H,18,19). The lowest BCUT2D eigenvalue weighted by molar-refractivity contribution is -0.150. The molecule has 2 aliphatic heterocycles. The zero-order chi connectivity index (χ0) is 14.5. The Morgan fingerprint density at radius 3 is 2.85 bits per heavy atom. The highest BCUT2D eigenvalue weighted by molar-refractivity contribution is 6.22. The topological polar surface area (TPSA) is 110 Å². The molecule has 0 saturated carbocycles. The molecule has 0 fully saturated rings. The van der Waals surface area contributed by atoms with E-state index in [9.17, 15) is 19.5 Å². The Labute approximate surface area is 113 Å². The summed E-state index contributed by atoms with van der Waals surface area (Å²) in [5.41, 5.74) is 3.92. The first-order valence-electron chi connectivity index (χ1n) is 6.08. The number of carboxylic acids is 1. The van der Waals surface area contributed by atoms with E-state index in [1.807, 2.05) is 0 Å². The van der Waals surface area contributed by atoms with Gasteiger partial charge in [-0.2, -0.15) is 0 Å². The van der Waals surface area contributed by atoms with Crippen molar-refractivity contribution < 1.29 is 24.2 Å². The van der Waals surface area contributed by atoms with E-state index >= 15 is 0 Å². The quantitative estimate of drug-likeness (QED) is 0.731. The van der Waals surface area contributed by atoms with E-state index in [4.69, 9.17) is 10.5 Å². The van der Waals surface area contributed by atoms with E-state index < -0.39 is 29.6 Å². The third kappa shape index (κ3) is 1.37. The van der Waals surface area contributed by atoms with E-state index in [2.05, 4.69) is 0 Å². The summed E-state index contributed by atoms with van der Waals surface area (Å²) in [7, 11) is 0. The zero-order valence-electron chi connectivity index (χ0n) is 10.5. The van der Waals surface area contributed by atoms with Gasteiger partial charge in [0.05, 0.1) is 18.7 Å². The van der Waals surface area contributed by atoms with Crippen molar-refractivity contribution >= 4 is 23.5 Å². The molecule has 0 spiro atoms. The Bertz CT molecular complexity index is 642. The van der Waals surface area contributed by atoms with Crippen LogP contribution >= 0.6 is 0 Å². The summed E-state index contributed by atoms with van der Waals surface area (Å²) >= 11 is 0. The third-order valence-electron chi connectivity index (χ3n) is 3.72. The Morgan fingerprint density at radius 2 is 2.20 bits per heavy atom. The van der Waals surface area contributed by atoms with Gasteiger partial charge in [0, 0.05) is 5.56 Å². The molecule has 0 aromatic heterocycles. The maximum absolute atomic E-state index is 12.6. The second-order valence-corrected chi connectivity index (χ2v) is 4.81. The molecule has 104 valence electrons. The Morgan fingerprint density at radius 1 is 1.45 bits per heavy atom. The van der Waals surface area contributed by atoms with Gasteiger partial charge in [0.2, 0.25) is 11.8 Å². The van der Waals surface area contributed by atoms with Gasteiger partial charge in [-0.05, 0) is 6.07 Å². The van der Waals surface area contributed by atoms with Gasteiger partial charge in [0.1, 0.15) is 12.4 Å². The summed E-state index contributed by atoms with van der Waals surface area (Å²) < 4.78 is 5.44. The highest BCUT2D eigenvalue weighted by Crippen LogP contribution is 2.49. The molecule has 2 amide bonds. The van der Waals surface area contributed by atoms with Crippen molar-refractivity contribution in [2.45, 2.75) is 11.8 Å². The van der Waals surface area contributed by atoms with Crippen molar-refractivity contribution in [3.05, 3.63) is 23.8 Å². The molecule has 0 bridgehead atoms. The van der Waals surface area contributed by atoms with Crippen molar-refractivity contribution in [2.75, 3.05) is 18.1 Å². The lowest BCUT2D eigenvalue weighted by Gasteiger charge is -2.26. The molecular weight excluding hydrogens is 264 g/mol. The normalized spacial score (nSPS) is 23.2. The van der Waals surface area contributed by atoms with Crippen molar-refractivity contribution in [1.82, 2.24) is 0 Å². The van der Waals surface area contributed by atoms with E-state index in [1.165, 1.54) is 11.0 Å². The van der Waals surface area contributed by atoms with Crippen LogP contribution in [0.5, 0.6) is 5.75 Å². The molecule has 3 N–H and O–H groups in total. The fourth-order valence-electron chi connectivity index (χ4n) is 2.88. The number of nitrogens with zero attached hydrogens (tertiary/aromatic N) is 1. The second-order valence-electron chi connectivity index (χ2n) is 4.81. The van der Waals surface area contributed by atoms with Crippen LogP contribution in [-0.4, -0.2) is 36.0 Å². The van der Waals surface area contributed by atoms with E-state index in [0.29, 0.717) is 11.4 Å². The summed E-state index contributed by atoms with van der Waals surface area (Å²) in [6.45, 7) is 0.547. The minimum atomic E-state index is -1.94. The van der Waals surface area contributed by atoms with Gasteiger partial charge < -0.3 is 20.5 Å². The molecule has 20 heavy (non-hydrogen) atoms. The lowest BCUT2D eigenvalue weighted by Crippen LogP contribution is -2.49. The van der Waals surface area contributed by atoms with E-state index in [1.54, 1.807) is 12.1 Å². The average Bonchev–Trinajstić information content (AvgIpc) is 2.64. The van der Waals surface area contributed by atoms with Crippen molar-refractivity contribution in [3.63, 3.8) is 0 Å². The molecule has 0 saturated heterocycles. The molecular formula is C13H12N2O5. The van der Waals surface area contributed by atoms with Crippen LogP contribution in [0.2, 0.25) is 0 Å². The molecule has 7 nitrogen and oxygen atoms in total. The highest BCUT2D eigenvalue weighted by atomic mass is 16.5. The number of ether oxygens (including phenoxy) is 1. The molecule has 1 aromatic rings. The number of carbonyl (C=O) groups excluding carboxylic acids is 2. The summed E-state index contributed by atoms with van der Waals surface area (Å²) in [4.78, 5) is 36.9. The number of carbonyl (C=O) groups is 3. The molecule has 0 radical (unpaired) electrons. The number of benzene rings is 1. The summed E-state index contributed by atoms with van der Waals surface area (Å²) in [6.07, 6.45) is -0.561. The minimum absolute atomic E-state index is 0.261. The first-order chi connectivity index (χ1) is 9.48. The van der Waals surface area contributed by atoms with E-state index in [-0.39, 0.29) is 18.7 Å². The molecule has 7 heteroatoms. The summed E-state index contributed by atoms with van der Waals surface area (Å²) in [5.74, 6) is -2.38. The SMILES string of the molecule is NC(=O)CC1(C(=O)O)C(=O)N2CCOc3cccc1c32. The number of aliphatic carboxylic acids is 1. The van der Waals surface area contributed by atoms with Crippen LogP contribution in [0.1, 0.15) is 12.0 Å². The first-order valence-corrected chi connectivity index (χ1v) is 6.08. The molecule has 0 aliphatic carbocycles. The average molecular weight is 276 g/mol. The number of primary amides is 1. The number of amides is 2. The van der Waals surface area contributed by atoms with E-state index in [0.717, 1.165) is 0 Å². The van der Waals surface area contributed by atoms with Crippen molar-refractivity contribution in [3.8, 4) is 5.75 Å². The lowest BCUT2D eigenvalue weighted by atomic mass is 9.78. The maximum Gasteiger partial charge on any atom is 0.324 e. The van der Waals surface area contributed by atoms with Gasteiger partial charge in [0.15, 0.2) is 5.41 Å². The monoisotopic (exact) mass is 276 g/mol. The summed E-state index contributed by atoms with van der Waals surface area (Å²) in [6, 6.07) is 4.80. The van der Waals surface area contributed by atoms with Crippen molar-refractivity contribution in [2.24, 2.45) is 5.73 Å². The molecule has 1 unspecified atom stereocenters. The van der Waals surface area contributed by atoms with Gasteiger partial charge in [-0.15, -0.1) is 0 Å². The number of carboxylic acid groups (broad SMARTS) is 1. The highest BCUT2D eigenvalue weighted by Gasteiger charge is 2.59. The smallest absolute Gasteiger partial charge is 0.324 e. The van der Waals surface area contributed by atoms with Crippen LogP contribution in [0.25, 0.3) is 0 Å². The fourth-order valence-corrected chi connectivity index (χ4v) is 2.88. The predicted octanol–water partition coefficient (Wildman–Crippen LogP) is -0.377. The van der Waals surface area contributed by atoms with Crippen LogP contribution in [0.4, 0.5) is 5.69 Å². The predicted molar refractivity (Wildman–Crippen MR) is 67.4 cm³/mol. The van der Waals surface area contributed by atoms with Crippen LogP contribution in [0.3, 0.4) is 0 Å². The fraction of sp³-hybridized carbons (Fsp3) is 0.308. The number of para-hydroxylation sites is 1. The van der Waals surface area contributed by atoms with Crippen LogP contribution < -0.4 is 15.4 Å². The number of anilines is 1. The summed E-state index contributed by atoms with van der Waals surface area (Å²) in [5, 5.41) is 9.56. The molecule has 2 heterocycles. The van der Waals surface area contributed by atoms with Crippen LogP contribution in [-0.2, 0) is 19.8 Å².